The largest absolute Gasteiger partial charge is 0.444 e. The minimum Gasteiger partial charge on any atom is -0.444 e. The van der Waals surface area contributed by atoms with Crippen LogP contribution in [0.15, 0.2) is 83.9 Å². The standard InChI is InChI=1S/C29H32N6O4/c1-29(2,3)39-28(38)31-17-22-9-7-21(8-10-22)16-30-27(37)25-20-35(33-32-25)19-24-13-11-23(12-14-24)18-34-15-5-4-6-26(34)36/h4-15,20H,16-19H2,1-3H3,(H,30,37)(H,31,38). The molecule has 0 spiro atoms. The molecule has 0 saturated carbocycles. The van der Waals surface area contributed by atoms with Crippen molar-refractivity contribution < 1.29 is 14.3 Å². The molecule has 10 heteroatoms. The van der Waals surface area contributed by atoms with Crippen molar-refractivity contribution in [2.24, 2.45) is 0 Å². The molecule has 39 heavy (non-hydrogen) atoms. The Morgan fingerprint density at radius 3 is 2.03 bits per heavy atom. The number of hydrogen-bond donors (Lipinski definition) is 2. The fourth-order valence-electron chi connectivity index (χ4n) is 3.74. The molecule has 0 radical (unpaired) electrons. The molecule has 4 rings (SSSR count). The maximum Gasteiger partial charge on any atom is 0.407 e. The van der Waals surface area contributed by atoms with E-state index < -0.39 is 11.7 Å². The summed E-state index contributed by atoms with van der Waals surface area (Å²) < 4.78 is 8.49. The molecule has 2 amide bonds. The zero-order chi connectivity index (χ0) is 27.8. The van der Waals surface area contributed by atoms with Gasteiger partial charge in [-0.05, 0) is 49.1 Å². The van der Waals surface area contributed by atoms with E-state index in [9.17, 15) is 14.4 Å². The molecule has 2 aromatic carbocycles. The van der Waals surface area contributed by atoms with Crippen molar-refractivity contribution >= 4 is 12.0 Å². The number of amides is 2. The first-order chi connectivity index (χ1) is 18.6. The van der Waals surface area contributed by atoms with E-state index in [1.165, 1.54) is 6.07 Å². The molecule has 2 N–H and O–H groups in total. The molecule has 0 unspecified atom stereocenters. The van der Waals surface area contributed by atoms with Crippen LogP contribution in [0, 0.1) is 0 Å². The van der Waals surface area contributed by atoms with Crippen LogP contribution in [-0.4, -0.2) is 37.2 Å². The summed E-state index contributed by atoms with van der Waals surface area (Å²) in [6, 6.07) is 20.5. The summed E-state index contributed by atoms with van der Waals surface area (Å²) in [7, 11) is 0. The summed E-state index contributed by atoms with van der Waals surface area (Å²) in [5.41, 5.74) is 3.48. The second kappa shape index (κ2) is 12.2. The highest BCUT2D eigenvalue weighted by atomic mass is 16.6. The number of aromatic nitrogens is 4. The van der Waals surface area contributed by atoms with E-state index >= 15 is 0 Å². The van der Waals surface area contributed by atoms with Crippen LogP contribution in [-0.2, 0) is 30.9 Å². The normalized spacial score (nSPS) is 11.2. The Morgan fingerprint density at radius 2 is 1.41 bits per heavy atom. The number of nitrogens with one attached hydrogen (secondary N) is 2. The van der Waals surface area contributed by atoms with E-state index in [4.69, 9.17) is 4.74 Å². The lowest BCUT2D eigenvalue weighted by Gasteiger charge is -2.19. The van der Waals surface area contributed by atoms with E-state index in [1.807, 2.05) is 75.4 Å². The van der Waals surface area contributed by atoms with Crippen LogP contribution >= 0.6 is 0 Å². The van der Waals surface area contributed by atoms with Crippen LogP contribution in [0.4, 0.5) is 4.79 Å². The molecule has 0 aliphatic rings. The van der Waals surface area contributed by atoms with E-state index in [-0.39, 0.29) is 17.2 Å². The quantitative estimate of drug-likeness (QED) is 0.343. The van der Waals surface area contributed by atoms with Gasteiger partial charge in [0.1, 0.15) is 5.60 Å². The Balaban J connectivity index is 1.24. The fourth-order valence-corrected chi connectivity index (χ4v) is 3.74. The summed E-state index contributed by atoms with van der Waals surface area (Å²) in [5, 5.41) is 13.6. The van der Waals surface area contributed by atoms with Gasteiger partial charge in [0.15, 0.2) is 5.69 Å². The Hall–Kier alpha value is -4.73. The molecule has 2 heterocycles. The molecule has 202 valence electrons. The highest BCUT2D eigenvalue weighted by Gasteiger charge is 2.15. The van der Waals surface area contributed by atoms with Gasteiger partial charge in [0.05, 0.1) is 19.3 Å². The molecule has 2 aromatic heterocycles. The number of benzene rings is 2. The third-order valence-electron chi connectivity index (χ3n) is 5.70. The van der Waals surface area contributed by atoms with Crippen molar-refractivity contribution in [1.82, 2.24) is 30.2 Å². The van der Waals surface area contributed by atoms with E-state index in [0.717, 1.165) is 22.3 Å². The van der Waals surface area contributed by atoms with Gasteiger partial charge in [-0.1, -0.05) is 59.8 Å². The lowest BCUT2D eigenvalue weighted by molar-refractivity contribution is 0.0523. The van der Waals surface area contributed by atoms with Crippen LogP contribution < -0.4 is 16.2 Å². The predicted octanol–water partition coefficient (Wildman–Crippen LogP) is 3.49. The van der Waals surface area contributed by atoms with Crippen molar-refractivity contribution in [3.05, 3.63) is 117 Å². The van der Waals surface area contributed by atoms with Gasteiger partial charge in [0.2, 0.25) is 0 Å². The Bertz CT molecular complexity index is 1470. The van der Waals surface area contributed by atoms with Crippen molar-refractivity contribution in [2.75, 3.05) is 0 Å². The SMILES string of the molecule is CC(C)(C)OC(=O)NCc1ccc(CNC(=O)c2cn(Cc3ccc(Cn4ccccc4=O)cc3)nn2)cc1. The summed E-state index contributed by atoms with van der Waals surface area (Å²) in [6.45, 7) is 7.08. The minimum atomic E-state index is -0.546. The van der Waals surface area contributed by atoms with Gasteiger partial charge in [0, 0.05) is 25.4 Å². The van der Waals surface area contributed by atoms with E-state index in [1.54, 1.807) is 27.7 Å². The first kappa shape index (κ1) is 27.3. The first-order valence-corrected chi connectivity index (χ1v) is 12.6. The molecule has 10 nitrogen and oxygen atoms in total. The van der Waals surface area contributed by atoms with Crippen molar-refractivity contribution in [2.45, 2.75) is 52.6 Å². The number of pyridine rings is 1. The molecule has 0 aliphatic heterocycles. The summed E-state index contributed by atoms with van der Waals surface area (Å²) in [6.07, 6.45) is 2.91. The van der Waals surface area contributed by atoms with Crippen molar-refractivity contribution in [3.63, 3.8) is 0 Å². The van der Waals surface area contributed by atoms with Crippen molar-refractivity contribution in [3.8, 4) is 0 Å². The zero-order valence-corrected chi connectivity index (χ0v) is 22.3. The van der Waals surface area contributed by atoms with Gasteiger partial charge in [0.25, 0.3) is 11.5 Å². The molecule has 0 saturated heterocycles. The summed E-state index contributed by atoms with van der Waals surface area (Å²) >= 11 is 0. The minimum absolute atomic E-state index is 0.0420. The van der Waals surface area contributed by atoms with Crippen LogP contribution in [0.1, 0.15) is 53.5 Å². The Labute approximate surface area is 226 Å². The molecular weight excluding hydrogens is 496 g/mol. The van der Waals surface area contributed by atoms with Gasteiger partial charge >= 0.3 is 6.09 Å². The van der Waals surface area contributed by atoms with E-state index in [2.05, 4.69) is 20.9 Å². The molecule has 0 fully saturated rings. The lowest BCUT2D eigenvalue weighted by atomic mass is 10.1. The number of alkyl carbamates (subject to hydrolysis) is 1. The third-order valence-corrected chi connectivity index (χ3v) is 5.70. The molecular formula is C29H32N6O4. The van der Waals surface area contributed by atoms with Gasteiger partial charge in [-0.25, -0.2) is 9.48 Å². The van der Waals surface area contributed by atoms with Gasteiger partial charge in [-0.15, -0.1) is 5.10 Å². The average Bonchev–Trinajstić information content (AvgIpc) is 3.37. The van der Waals surface area contributed by atoms with E-state index in [0.29, 0.717) is 26.2 Å². The van der Waals surface area contributed by atoms with Crippen molar-refractivity contribution in [1.29, 1.82) is 0 Å². The van der Waals surface area contributed by atoms with Gasteiger partial charge in [-0.3, -0.25) is 9.59 Å². The number of carbonyl (C=O) groups excluding carboxylic acids is 2. The van der Waals surface area contributed by atoms with Gasteiger partial charge in [-0.2, -0.15) is 0 Å². The molecule has 0 bridgehead atoms. The number of ether oxygens (including phenoxy) is 1. The second-order valence-corrected chi connectivity index (χ2v) is 10.1. The monoisotopic (exact) mass is 528 g/mol. The summed E-state index contributed by atoms with van der Waals surface area (Å²) in [5.74, 6) is -0.319. The third kappa shape index (κ3) is 8.39. The smallest absolute Gasteiger partial charge is 0.407 e. The average molecular weight is 529 g/mol. The van der Waals surface area contributed by atoms with Crippen LogP contribution in [0.25, 0.3) is 0 Å². The lowest BCUT2D eigenvalue weighted by Crippen LogP contribution is -2.32. The topological polar surface area (TPSA) is 120 Å². The van der Waals surface area contributed by atoms with Crippen LogP contribution in [0.3, 0.4) is 0 Å². The maximum atomic E-state index is 12.6. The first-order valence-electron chi connectivity index (χ1n) is 12.6. The highest BCUT2D eigenvalue weighted by Crippen LogP contribution is 2.10. The number of nitrogens with zero attached hydrogens (tertiary/aromatic N) is 4. The molecule has 4 aromatic rings. The molecule has 0 aliphatic carbocycles. The second-order valence-electron chi connectivity index (χ2n) is 10.1. The van der Waals surface area contributed by atoms with Crippen LogP contribution in [0.2, 0.25) is 0 Å². The maximum absolute atomic E-state index is 12.6. The molecule has 0 atom stereocenters. The highest BCUT2D eigenvalue weighted by molar-refractivity contribution is 5.91. The van der Waals surface area contributed by atoms with Gasteiger partial charge < -0.3 is 19.9 Å². The number of rotatable bonds is 9. The Kier molecular flexibility index (Phi) is 8.55. The number of carbonyl (C=O) groups is 2. The summed E-state index contributed by atoms with van der Waals surface area (Å²) in [4.78, 5) is 36.3. The fraction of sp³-hybridized carbons (Fsp3) is 0.276. The number of hydrogen-bond acceptors (Lipinski definition) is 6. The van der Waals surface area contributed by atoms with Crippen LogP contribution in [0.5, 0.6) is 0 Å². The zero-order valence-electron chi connectivity index (χ0n) is 22.3. The Morgan fingerprint density at radius 1 is 0.821 bits per heavy atom. The predicted molar refractivity (Wildman–Crippen MR) is 146 cm³/mol.